The number of rotatable bonds is 5. The molecule has 1 aliphatic heterocycles. The maximum absolute atomic E-state index is 5.97. The van der Waals surface area contributed by atoms with Crippen molar-refractivity contribution in [3.63, 3.8) is 0 Å². The van der Waals surface area contributed by atoms with E-state index in [9.17, 15) is 0 Å². The van der Waals surface area contributed by atoms with Gasteiger partial charge in [0.2, 0.25) is 0 Å². The first-order valence-corrected chi connectivity index (χ1v) is 6.75. The van der Waals surface area contributed by atoms with Crippen LogP contribution in [0.25, 0.3) is 0 Å². The zero-order chi connectivity index (χ0) is 11.8. The summed E-state index contributed by atoms with van der Waals surface area (Å²) in [5.74, 6) is 1.58. The molecule has 2 N–H and O–H groups in total. The second-order valence-electron chi connectivity index (χ2n) is 5.18. The monoisotopic (exact) mass is 225 g/mol. The van der Waals surface area contributed by atoms with Crippen LogP contribution in [0.3, 0.4) is 0 Å². The minimum atomic E-state index is 0.768. The average Bonchev–Trinajstić information content (AvgIpc) is 2.29. The van der Waals surface area contributed by atoms with Crippen LogP contribution in [0.15, 0.2) is 4.99 Å². The molecular formula is C13H27N3. The molecule has 0 atom stereocenters. The molecule has 1 aliphatic rings. The lowest BCUT2D eigenvalue weighted by atomic mass is 10.1. The Bertz CT molecular complexity index is 205. The van der Waals surface area contributed by atoms with E-state index in [2.05, 4.69) is 23.7 Å². The Labute approximate surface area is 100 Å². The number of aliphatic imine (C=N–C) groups is 1. The minimum Gasteiger partial charge on any atom is -0.370 e. The van der Waals surface area contributed by atoms with Gasteiger partial charge in [-0.3, -0.25) is 4.99 Å². The molecule has 0 amide bonds. The van der Waals surface area contributed by atoms with E-state index in [4.69, 9.17) is 5.73 Å². The molecule has 0 aromatic rings. The van der Waals surface area contributed by atoms with Gasteiger partial charge in [0, 0.05) is 19.6 Å². The fourth-order valence-corrected chi connectivity index (χ4v) is 2.08. The molecular weight excluding hydrogens is 198 g/mol. The van der Waals surface area contributed by atoms with Crippen molar-refractivity contribution >= 4 is 5.96 Å². The smallest absolute Gasteiger partial charge is 0.191 e. The first-order valence-electron chi connectivity index (χ1n) is 6.75. The third kappa shape index (κ3) is 5.38. The van der Waals surface area contributed by atoms with Crippen LogP contribution < -0.4 is 5.73 Å². The van der Waals surface area contributed by atoms with Gasteiger partial charge in [0.25, 0.3) is 0 Å². The van der Waals surface area contributed by atoms with Gasteiger partial charge in [0.1, 0.15) is 0 Å². The first kappa shape index (κ1) is 13.3. The van der Waals surface area contributed by atoms with Gasteiger partial charge in [-0.15, -0.1) is 0 Å². The number of unbranched alkanes of at least 4 members (excludes halogenated alkanes) is 1. The van der Waals surface area contributed by atoms with E-state index in [1.54, 1.807) is 0 Å². The highest BCUT2D eigenvalue weighted by molar-refractivity contribution is 5.78. The summed E-state index contributed by atoms with van der Waals surface area (Å²) in [7, 11) is 0. The predicted octanol–water partition coefficient (Wildman–Crippen LogP) is 2.61. The van der Waals surface area contributed by atoms with Crippen molar-refractivity contribution in [2.45, 2.75) is 52.4 Å². The molecule has 0 spiro atoms. The number of guanidine groups is 1. The van der Waals surface area contributed by atoms with E-state index in [-0.39, 0.29) is 0 Å². The summed E-state index contributed by atoms with van der Waals surface area (Å²) in [6.45, 7) is 7.63. The van der Waals surface area contributed by atoms with Gasteiger partial charge >= 0.3 is 0 Å². The van der Waals surface area contributed by atoms with E-state index in [0.29, 0.717) is 0 Å². The maximum Gasteiger partial charge on any atom is 0.191 e. The number of likely N-dealkylation sites (tertiary alicyclic amines) is 1. The number of piperidine rings is 1. The third-order valence-corrected chi connectivity index (χ3v) is 3.14. The van der Waals surface area contributed by atoms with Gasteiger partial charge in [-0.25, -0.2) is 0 Å². The summed E-state index contributed by atoms with van der Waals surface area (Å²) < 4.78 is 0. The van der Waals surface area contributed by atoms with Crippen molar-refractivity contribution < 1.29 is 0 Å². The van der Waals surface area contributed by atoms with Crippen molar-refractivity contribution in [3.05, 3.63) is 0 Å². The minimum absolute atomic E-state index is 0.768. The zero-order valence-electron chi connectivity index (χ0n) is 10.9. The second kappa shape index (κ2) is 7.53. The molecule has 3 heteroatoms. The van der Waals surface area contributed by atoms with E-state index in [1.807, 2.05) is 0 Å². The molecule has 3 nitrogen and oxygen atoms in total. The Morgan fingerprint density at radius 2 is 1.88 bits per heavy atom. The van der Waals surface area contributed by atoms with Crippen molar-refractivity contribution in [1.29, 1.82) is 0 Å². The Hall–Kier alpha value is -0.730. The van der Waals surface area contributed by atoms with Crippen LogP contribution in [0.4, 0.5) is 0 Å². The van der Waals surface area contributed by atoms with Crippen LogP contribution in [-0.4, -0.2) is 30.5 Å². The van der Waals surface area contributed by atoms with Crippen LogP contribution in [0.1, 0.15) is 52.4 Å². The average molecular weight is 225 g/mol. The second-order valence-corrected chi connectivity index (χ2v) is 5.18. The molecule has 16 heavy (non-hydrogen) atoms. The molecule has 0 aromatic carbocycles. The van der Waals surface area contributed by atoms with Crippen molar-refractivity contribution in [2.24, 2.45) is 16.6 Å². The van der Waals surface area contributed by atoms with Crippen molar-refractivity contribution in [1.82, 2.24) is 4.90 Å². The first-order chi connectivity index (χ1) is 7.70. The molecule has 0 unspecified atom stereocenters. The lowest BCUT2D eigenvalue weighted by Crippen LogP contribution is -2.40. The fourth-order valence-electron chi connectivity index (χ4n) is 2.08. The molecule has 0 saturated carbocycles. The molecule has 0 aromatic heterocycles. The van der Waals surface area contributed by atoms with Gasteiger partial charge in [-0.2, -0.15) is 0 Å². The van der Waals surface area contributed by atoms with E-state index < -0.39 is 0 Å². The molecule has 1 fully saturated rings. The summed E-state index contributed by atoms with van der Waals surface area (Å²) in [4.78, 5) is 6.69. The topological polar surface area (TPSA) is 41.6 Å². The maximum atomic E-state index is 5.97. The van der Waals surface area contributed by atoms with Gasteiger partial charge in [0.15, 0.2) is 5.96 Å². The lowest BCUT2D eigenvalue weighted by molar-refractivity contribution is 0.338. The predicted molar refractivity (Wildman–Crippen MR) is 70.6 cm³/mol. The Balaban J connectivity index is 2.12. The molecule has 1 heterocycles. The SMILES string of the molecule is CC(C)CCCCN=C(N)N1CCCCC1. The normalized spacial score (nSPS) is 18.2. The van der Waals surface area contributed by atoms with Gasteiger partial charge in [-0.05, 0) is 31.6 Å². The number of nitrogens with zero attached hydrogens (tertiary/aromatic N) is 2. The fraction of sp³-hybridized carbons (Fsp3) is 0.923. The summed E-state index contributed by atoms with van der Waals surface area (Å²) in [5, 5.41) is 0. The zero-order valence-corrected chi connectivity index (χ0v) is 10.9. The van der Waals surface area contributed by atoms with E-state index >= 15 is 0 Å². The highest BCUT2D eigenvalue weighted by Gasteiger charge is 2.11. The molecule has 94 valence electrons. The van der Waals surface area contributed by atoms with Gasteiger partial charge < -0.3 is 10.6 Å². The molecule has 1 rings (SSSR count). The van der Waals surface area contributed by atoms with E-state index in [0.717, 1.165) is 31.5 Å². The van der Waals surface area contributed by atoms with E-state index in [1.165, 1.54) is 38.5 Å². The Morgan fingerprint density at radius 3 is 2.50 bits per heavy atom. The summed E-state index contributed by atoms with van der Waals surface area (Å²) in [5.41, 5.74) is 5.97. The molecule has 1 saturated heterocycles. The third-order valence-electron chi connectivity index (χ3n) is 3.14. The number of hydrogen-bond acceptors (Lipinski definition) is 1. The van der Waals surface area contributed by atoms with Gasteiger partial charge in [0.05, 0.1) is 0 Å². The highest BCUT2D eigenvalue weighted by atomic mass is 15.2. The molecule has 0 radical (unpaired) electrons. The lowest BCUT2D eigenvalue weighted by Gasteiger charge is -2.27. The summed E-state index contributed by atoms with van der Waals surface area (Å²) >= 11 is 0. The Morgan fingerprint density at radius 1 is 1.19 bits per heavy atom. The van der Waals surface area contributed by atoms with Crippen LogP contribution >= 0.6 is 0 Å². The van der Waals surface area contributed by atoms with Gasteiger partial charge in [-0.1, -0.05) is 26.7 Å². The Kier molecular flexibility index (Phi) is 6.27. The van der Waals surface area contributed by atoms with Crippen LogP contribution in [-0.2, 0) is 0 Å². The quantitative estimate of drug-likeness (QED) is 0.444. The summed E-state index contributed by atoms with van der Waals surface area (Å²) in [6.07, 6.45) is 7.63. The molecule has 0 aliphatic carbocycles. The van der Waals surface area contributed by atoms with Crippen molar-refractivity contribution in [3.8, 4) is 0 Å². The largest absolute Gasteiger partial charge is 0.370 e. The van der Waals surface area contributed by atoms with Crippen LogP contribution in [0.5, 0.6) is 0 Å². The standard InChI is InChI=1S/C13H27N3/c1-12(2)8-4-5-9-15-13(14)16-10-6-3-7-11-16/h12H,3-11H2,1-2H3,(H2,14,15). The number of hydrogen-bond donors (Lipinski definition) is 1. The summed E-state index contributed by atoms with van der Waals surface area (Å²) in [6, 6.07) is 0. The highest BCUT2D eigenvalue weighted by Crippen LogP contribution is 2.09. The van der Waals surface area contributed by atoms with Crippen LogP contribution in [0, 0.1) is 5.92 Å². The van der Waals surface area contributed by atoms with Crippen LogP contribution in [0.2, 0.25) is 0 Å². The van der Waals surface area contributed by atoms with Crippen molar-refractivity contribution in [2.75, 3.05) is 19.6 Å². The number of nitrogens with two attached hydrogens (primary N) is 1. The molecule has 0 bridgehead atoms.